The van der Waals surface area contributed by atoms with Crippen LogP contribution in [0, 0.1) is 6.92 Å². The molecule has 0 aliphatic heterocycles. The van der Waals surface area contributed by atoms with Crippen molar-refractivity contribution in [2.24, 2.45) is 5.84 Å². The summed E-state index contributed by atoms with van der Waals surface area (Å²) in [5, 5.41) is 6.80. The van der Waals surface area contributed by atoms with Gasteiger partial charge in [0.05, 0.1) is 0 Å². The summed E-state index contributed by atoms with van der Waals surface area (Å²) in [5.74, 6) is 7.67. The summed E-state index contributed by atoms with van der Waals surface area (Å²) in [4.78, 5) is 20.6. The van der Waals surface area contributed by atoms with E-state index in [9.17, 15) is 4.79 Å². The molecule has 1 aliphatic rings. The van der Waals surface area contributed by atoms with Crippen LogP contribution in [0.2, 0.25) is 0 Å². The SMILES string of the molecule is CNC(=O)c1ccn(-c2nc(C3CC3)nc(NN)c2C)n1. The number of hydrazine groups is 1. The van der Waals surface area contributed by atoms with Crippen molar-refractivity contribution in [1.29, 1.82) is 0 Å². The molecule has 3 rings (SSSR count). The summed E-state index contributed by atoms with van der Waals surface area (Å²) < 4.78 is 1.58. The minimum Gasteiger partial charge on any atom is -0.354 e. The van der Waals surface area contributed by atoms with Gasteiger partial charge in [0.15, 0.2) is 11.5 Å². The number of aromatic nitrogens is 4. The number of anilines is 1. The standard InChI is InChI=1S/C13H17N7O/c1-7-10(18-14)16-11(8-3-4-8)17-12(7)20-6-5-9(19-20)13(21)15-2/h5-6,8H,3-4,14H2,1-2H3,(H,15,21)(H,16,17,18). The Morgan fingerprint density at radius 1 is 1.43 bits per heavy atom. The second-order valence-electron chi connectivity index (χ2n) is 5.02. The molecule has 0 bridgehead atoms. The molecule has 1 saturated carbocycles. The van der Waals surface area contributed by atoms with Crippen LogP contribution in [-0.2, 0) is 0 Å². The third kappa shape index (κ3) is 2.45. The van der Waals surface area contributed by atoms with Gasteiger partial charge in [0.25, 0.3) is 5.91 Å². The Hall–Kier alpha value is -2.48. The predicted octanol–water partition coefficient (Wildman–Crippen LogP) is 0.493. The Labute approximate surface area is 121 Å². The van der Waals surface area contributed by atoms with Crippen molar-refractivity contribution in [2.75, 3.05) is 12.5 Å². The zero-order valence-electron chi connectivity index (χ0n) is 11.9. The topological polar surface area (TPSA) is 111 Å². The Morgan fingerprint density at radius 3 is 2.81 bits per heavy atom. The second-order valence-corrected chi connectivity index (χ2v) is 5.02. The minimum absolute atomic E-state index is 0.236. The lowest BCUT2D eigenvalue weighted by Gasteiger charge is -2.11. The van der Waals surface area contributed by atoms with Gasteiger partial charge in [-0.3, -0.25) is 4.79 Å². The number of nitrogen functional groups attached to an aromatic ring is 1. The van der Waals surface area contributed by atoms with Gasteiger partial charge in [0.1, 0.15) is 11.6 Å². The van der Waals surface area contributed by atoms with E-state index in [1.54, 1.807) is 24.0 Å². The first kappa shape index (κ1) is 13.5. The van der Waals surface area contributed by atoms with Crippen molar-refractivity contribution >= 4 is 11.7 Å². The molecule has 1 amide bonds. The largest absolute Gasteiger partial charge is 0.354 e. The molecule has 21 heavy (non-hydrogen) atoms. The van der Waals surface area contributed by atoms with E-state index < -0.39 is 0 Å². The molecular formula is C13H17N7O. The fourth-order valence-electron chi connectivity index (χ4n) is 2.10. The average molecular weight is 287 g/mol. The van der Waals surface area contributed by atoms with E-state index in [4.69, 9.17) is 5.84 Å². The molecule has 8 heteroatoms. The number of carbonyl (C=O) groups is 1. The van der Waals surface area contributed by atoms with Gasteiger partial charge in [-0.1, -0.05) is 0 Å². The summed E-state index contributed by atoms with van der Waals surface area (Å²) in [6.07, 6.45) is 3.89. The highest BCUT2D eigenvalue weighted by atomic mass is 16.1. The maximum atomic E-state index is 11.6. The van der Waals surface area contributed by atoms with Gasteiger partial charge in [0, 0.05) is 24.7 Å². The number of rotatable bonds is 4. The van der Waals surface area contributed by atoms with Crippen LogP contribution in [0.25, 0.3) is 5.82 Å². The van der Waals surface area contributed by atoms with Gasteiger partial charge in [-0.2, -0.15) is 5.10 Å². The van der Waals surface area contributed by atoms with Crippen molar-refractivity contribution in [2.45, 2.75) is 25.7 Å². The fraction of sp³-hybridized carbons (Fsp3) is 0.385. The van der Waals surface area contributed by atoms with E-state index in [0.29, 0.717) is 23.2 Å². The number of nitrogens with two attached hydrogens (primary N) is 1. The molecule has 4 N–H and O–H groups in total. The average Bonchev–Trinajstić information content (AvgIpc) is 3.24. The molecule has 110 valence electrons. The van der Waals surface area contributed by atoms with E-state index in [0.717, 1.165) is 24.2 Å². The fourth-order valence-corrected chi connectivity index (χ4v) is 2.10. The quantitative estimate of drug-likeness (QED) is 0.557. The molecule has 0 atom stereocenters. The van der Waals surface area contributed by atoms with Gasteiger partial charge in [0.2, 0.25) is 0 Å². The lowest BCUT2D eigenvalue weighted by Crippen LogP contribution is -2.19. The van der Waals surface area contributed by atoms with Gasteiger partial charge in [-0.15, -0.1) is 0 Å². The molecular weight excluding hydrogens is 270 g/mol. The van der Waals surface area contributed by atoms with Gasteiger partial charge >= 0.3 is 0 Å². The molecule has 0 aromatic carbocycles. The summed E-state index contributed by atoms with van der Waals surface area (Å²) >= 11 is 0. The summed E-state index contributed by atoms with van der Waals surface area (Å²) in [5.41, 5.74) is 3.72. The first-order valence-corrected chi connectivity index (χ1v) is 6.77. The Morgan fingerprint density at radius 2 is 2.19 bits per heavy atom. The molecule has 2 aromatic rings. The van der Waals surface area contributed by atoms with Crippen molar-refractivity contribution in [3.8, 4) is 5.82 Å². The highest BCUT2D eigenvalue weighted by Gasteiger charge is 2.28. The molecule has 8 nitrogen and oxygen atoms in total. The minimum atomic E-state index is -0.236. The van der Waals surface area contributed by atoms with Crippen molar-refractivity contribution < 1.29 is 4.79 Å². The molecule has 0 radical (unpaired) electrons. The van der Waals surface area contributed by atoms with Crippen LogP contribution in [0.3, 0.4) is 0 Å². The van der Waals surface area contributed by atoms with Crippen LogP contribution in [0.1, 0.15) is 40.6 Å². The maximum absolute atomic E-state index is 11.6. The van der Waals surface area contributed by atoms with Crippen LogP contribution in [0.15, 0.2) is 12.3 Å². The number of nitrogens with one attached hydrogen (secondary N) is 2. The molecule has 2 heterocycles. The van der Waals surface area contributed by atoms with E-state index >= 15 is 0 Å². The zero-order chi connectivity index (χ0) is 15.0. The molecule has 2 aromatic heterocycles. The van der Waals surface area contributed by atoms with E-state index in [-0.39, 0.29) is 5.91 Å². The highest BCUT2D eigenvalue weighted by molar-refractivity contribution is 5.91. The van der Waals surface area contributed by atoms with Crippen molar-refractivity contribution in [3.63, 3.8) is 0 Å². The summed E-state index contributed by atoms with van der Waals surface area (Å²) in [6, 6.07) is 1.65. The lowest BCUT2D eigenvalue weighted by molar-refractivity contribution is 0.0957. The highest BCUT2D eigenvalue weighted by Crippen LogP contribution is 2.39. The second kappa shape index (κ2) is 5.13. The number of carbonyl (C=O) groups excluding carboxylic acids is 1. The van der Waals surface area contributed by atoms with Gasteiger partial charge < -0.3 is 10.7 Å². The van der Waals surface area contributed by atoms with Crippen molar-refractivity contribution in [3.05, 3.63) is 29.3 Å². The summed E-state index contributed by atoms with van der Waals surface area (Å²) in [6.45, 7) is 1.86. The Kier molecular flexibility index (Phi) is 3.30. The van der Waals surface area contributed by atoms with Crippen molar-refractivity contribution in [1.82, 2.24) is 25.1 Å². The smallest absolute Gasteiger partial charge is 0.271 e. The van der Waals surface area contributed by atoms with E-state index in [1.165, 1.54) is 0 Å². The monoisotopic (exact) mass is 287 g/mol. The van der Waals surface area contributed by atoms with E-state index in [2.05, 4.69) is 25.8 Å². The Bertz CT molecular complexity index is 690. The van der Waals surface area contributed by atoms with Crippen LogP contribution in [-0.4, -0.2) is 32.7 Å². The third-order valence-electron chi connectivity index (χ3n) is 3.48. The molecule has 0 saturated heterocycles. The third-order valence-corrected chi connectivity index (χ3v) is 3.48. The van der Waals surface area contributed by atoms with Crippen LogP contribution < -0.4 is 16.6 Å². The van der Waals surface area contributed by atoms with Crippen LogP contribution in [0.4, 0.5) is 5.82 Å². The number of hydrogen-bond acceptors (Lipinski definition) is 6. The molecule has 1 fully saturated rings. The number of hydrogen-bond donors (Lipinski definition) is 3. The zero-order valence-corrected chi connectivity index (χ0v) is 11.9. The van der Waals surface area contributed by atoms with Crippen LogP contribution in [0.5, 0.6) is 0 Å². The maximum Gasteiger partial charge on any atom is 0.271 e. The Balaban J connectivity index is 2.06. The van der Waals surface area contributed by atoms with Gasteiger partial charge in [-0.05, 0) is 25.8 Å². The normalized spacial score (nSPS) is 14.0. The van der Waals surface area contributed by atoms with E-state index in [1.807, 2.05) is 6.92 Å². The molecule has 1 aliphatic carbocycles. The van der Waals surface area contributed by atoms with Gasteiger partial charge in [-0.25, -0.2) is 20.5 Å². The summed E-state index contributed by atoms with van der Waals surface area (Å²) in [7, 11) is 1.57. The predicted molar refractivity (Wildman–Crippen MR) is 77.1 cm³/mol. The first-order valence-electron chi connectivity index (χ1n) is 6.77. The lowest BCUT2D eigenvalue weighted by atomic mass is 10.3. The first-order chi connectivity index (χ1) is 10.1. The number of amides is 1. The number of nitrogens with zero attached hydrogens (tertiary/aromatic N) is 4. The molecule has 0 spiro atoms. The van der Waals surface area contributed by atoms with Crippen LogP contribution >= 0.6 is 0 Å². The molecule has 0 unspecified atom stereocenters.